The zero-order valence-corrected chi connectivity index (χ0v) is 10.3. The molecule has 1 aromatic heterocycles. The summed E-state index contributed by atoms with van der Waals surface area (Å²) in [6.45, 7) is 2.31. The van der Waals surface area contributed by atoms with Gasteiger partial charge >= 0.3 is 0 Å². The van der Waals surface area contributed by atoms with Crippen molar-refractivity contribution in [2.24, 2.45) is 0 Å². The van der Waals surface area contributed by atoms with Crippen molar-refractivity contribution >= 4 is 22.2 Å². The maximum atomic E-state index is 8.64. The molecule has 0 atom stereocenters. The second-order valence-corrected chi connectivity index (χ2v) is 4.37. The standard InChI is InChI=1S/C12H14N2O2S/c1-9-8-17-12(13-9)14-10-2-4-11(5-3-10)16-7-6-15/h2-5,8,15H,6-7H2,1H3,(H,13,14). The fourth-order valence-corrected chi connectivity index (χ4v) is 2.04. The SMILES string of the molecule is Cc1csc(Nc2ccc(OCCO)cc2)n1. The molecule has 1 heterocycles. The predicted octanol–water partition coefficient (Wildman–Crippen LogP) is 2.57. The zero-order chi connectivity index (χ0) is 12.1. The van der Waals surface area contributed by atoms with Crippen LogP contribution in [0.1, 0.15) is 5.69 Å². The van der Waals surface area contributed by atoms with E-state index in [4.69, 9.17) is 9.84 Å². The van der Waals surface area contributed by atoms with Crippen molar-refractivity contribution in [2.75, 3.05) is 18.5 Å². The predicted molar refractivity (Wildman–Crippen MR) is 69.2 cm³/mol. The van der Waals surface area contributed by atoms with Crippen molar-refractivity contribution in [3.05, 3.63) is 35.3 Å². The van der Waals surface area contributed by atoms with Gasteiger partial charge in [-0.05, 0) is 31.2 Å². The Morgan fingerprint density at radius 2 is 2.12 bits per heavy atom. The van der Waals surface area contributed by atoms with E-state index in [0.717, 1.165) is 22.3 Å². The quantitative estimate of drug-likeness (QED) is 0.856. The van der Waals surface area contributed by atoms with Gasteiger partial charge in [-0.2, -0.15) is 0 Å². The highest BCUT2D eigenvalue weighted by atomic mass is 32.1. The van der Waals surface area contributed by atoms with Crippen LogP contribution >= 0.6 is 11.3 Å². The number of benzene rings is 1. The topological polar surface area (TPSA) is 54.4 Å². The van der Waals surface area contributed by atoms with Crippen molar-refractivity contribution < 1.29 is 9.84 Å². The molecule has 0 saturated heterocycles. The molecule has 0 aliphatic rings. The number of ether oxygens (including phenoxy) is 1. The summed E-state index contributed by atoms with van der Waals surface area (Å²) in [7, 11) is 0. The van der Waals surface area contributed by atoms with Crippen LogP contribution in [0.2, 0.25) is 0 Å². The van der Waals surface area contributed by atoms with Crippen LogP contribution in [0.3, 0.4) is 0 Å². The third-order valence-corrected chi connectivity index (χ3v) is 2.96. The molecule has 0 spiro atoms. The van der Waals surface area contributed by atoms with Gasteiger partial charge in [0.2, 0.25) is 0 Å². The lowest BCUT2D eigenvalue weighted by atomic mass is 10.3. The molecular weight excluding hydrogens is 236 g/mol. The molecule has 0 amide bonds. The number of aryl methyl sites for hydroxylation is 1. The molecule has 4 nitrogen and oxygen atoms in total. The van der Waals surface area contributed by atoms with Crippen molar-refractivity contribution in [1.29, 1.82) is 0 Å². The number of hydrogen-bond donors (Lipinski definition) is 2. The van der Waals surface area contributed by atoms with E-state index in [-0.39, 0.29) is 6.61 Å². The summed E-state index contributed by atoms with van der Waals surface area (Å²) in [5.41, 5.74) is 1.98. The Morgan fingerprint density at radius 1 is 1.35 bits per heavy atom. The van der Waals surface area contributed by atoms with Gasteiger partial charge in [0.15, 0.2) is 5.13 Å². The highest BCUT2D eigenvalue weighted by Gasteiger charge is 1.99. The molecule has 0 saturated carbocycles. The summed E-state index contributed by atoms with van der Waals surface area (Å²) in [5, 5.41) is 14.7. The zero-order valence-electron chi connectivity index (χ0n) is 9.51. The van der Waals surface area contributed by atoms with E-state index in [9.17, 15) is 0 Å². The molecule has 2 aromatic rings. The van der Waals surface area contributed by atoms with E-state index in [1.807, 2.05) is 36.6 Å². The highest BCUT2D eigenvalue weighted by molar-refractivity contribution is 7.13. The van der Waals surface area contributed by atoms with Crippen molar-refractivity contribution in [3.63, 3.8) is 0 Å². The second-order valence-electron chi connectivity index (χ2n) is 3.52. The maximum absolute atomic E-state index is 8.64. The van der Waals surface area contributed by atoms with Crippen LogP contribution in [0.5, 0.6) is 5.75 Å². The maximum Gasteiger partial charge on any atom is 0.187 e. The van der Waals surface area contributed by atoms with Crippen molar-refractivity contribution in [2.45, 2.75) is 6.92 Å². The van der Waals surface area contributed by atoms with Crippen LogP contribution in [0.15, 0.2) is 29.6 Å². The number of aromatic nitrogens is 1. The Kier molecular flexibility index (Phi) is 3.95. The van der Waals surface area contributed by atoms with E-state index in [0.29, 0.717) is 6.61 Å². The first-order valence-corrected chi connectivity index (χ1v) is 6.19. The first kappa shape index (κ1) is 11.9. The molecule has 0 radical (unpaired) electrons. The summed E-state index contributed by atoms with van der Waals surface area (Å²) >= 11 is 1.58. The first-order valence-electron chi connectivity index (χ1n) is 5.31. The summed E-state index contributed by atoms with van der Waals surface area (Å²) < 4.78 is 5.27. The molecule has 2 N–H and O–H groups in total. The van der Waals surface area contributed by atoms with Crippen LogP contribution in [0.25, 0.3) is 0 Å². The van der Waals surface area contributed by atoms with E-state index in [1.165, 1.54) is 0 Å². The molecule has 90 valence electrons. The number of rotatable bonds is 5. The fourth-order valence-electron chi connectivity index (χ4n) is 1.33. The fraction of sp³-hybridized carbons (Fsp3) is 0.250. The van der Waals surface area contributed by atoms with E-state index < -0.39 is 0 Å². The van der Waals surface area contributed by atoms with Crippen LogP contribution in [0.4, 0.5) is 10.8 Å². The average molecular weight is 250 g/mol. The minimum absolute atomic E-state index is 0.0262. The first-order chi connectivity index (χ1) is 8.28. The van der Waals surface area contributed by atoms with E-state index >= 15 is 0 Å². The third kappa shape index (κ3) is 3.44. The number of nitrogens with zero attached hydrogens (tertiary/aromatic N) is 1. The number of nitrogens with one attached hydrogen (secondary N) is 1. The lowest BCUT2D eigenvalue weighted by Gasteiger charge is -2.06. The second kappa shape index (κ2) is 5.65. The Hall–Kier alpha value is -1.59. The molecule has 0 unspecified atom stereocenters. The minimum atomic E-state index is 0.0262. The summed E-state index contributed by atoms with van der Waals surface area (Å²) in [6, 6.07) is 7.56. The van der Waals surface area contributed by atoms with Gasteiger partial charge in [-0.1, -0.05) is 0 Å². The van der Waals surface area contributed by atoms with Gasteiger partial charge in [0.1, 0.15) is 12.4 Å². The van der Waals surface area contributed by atoms with Crippen LogP contribution in [-0.4, -0.2) is 23.3 Å². The Labute approximate surface area is 104 Å². The van der Waals surface area contributed by atoms with Gasteiger partial charge in [-0.3, -0.25) is 0 Å². The molecule has 2 rings (SSSR count). The highest BCUT2D eigenvalue weighted by Crippen LogP contribution is 2.22. The van der Waals surface area contributed by atoms with Crippen molar-refractivity contribution in [1.82, 2.24) is 4.98 Å². The summed E-state index contributed by atoms with van der Waals surface area (Å²) in [4.78, 5) is 4.32. The van der Waals surface area contributed by atoms with E-state index in [1.54, 1.807) is 11.3 Å². The van der Waals surface area contributed by atoms with Gasteiger partial charge in [0.05, 0.1) is 12.3 Å². The number of hydrogen-bond acceptors (Lipinski definition) is 5. The van der Waals surface area contributed by atoms with Gasteiger partial charge in [0.25, 0.3) is 0 Å². The Morgan fingerprint density at radius 3 is 2.71 bits per heavy atom. The van der Waals surface area contributed by atoms with Gasteiger partial charge in [0, 0.05) is 11.1 Å². The Bertz CT molecular complexity index is 468. The molecule has 17 heavy (non-hydrogen) atoms. The molecule has 0 fully saturated rings. The smallest absolute Gasteiger partial charge is 0.187 e. The molecular formula is C12H14N2O2S. The average Bonchev–Trinajstić information content (AvgIpc) is 2.74. The molecule has 0 aliphatic carbocycles. The third-order valence-electron chi connectivity index (χ3n) is 2.08. The number of aliphatic hydroxyl groups is 1. The molecule has 1 aromatic carbocycles. The normalized spacial score (nSPS) is 10.2. The summed E-state index contributed by atoms with van der Waals surface area (Å²) in [6.07, 6.45) is 0. The number of anilines is 2. The number of thiazole rings is 1. The molecule has 0 aliphatic heterocycles. The lowest BCUT2D eigenvalue weighted by molar-refractivity contribution is 0.201. The minimum Gasteiger partial charge on any atom is -0.491 e. The largest absolute Gasteiger partial charge is 0.491 e. The van der Waals surface area contributed by atoms with Crippen LogP contribution in [0, 0.1) is 6.92 Å². The van der Waals surface area contributed by atoms with Gasteiger partial charge < -0.3 is 15.2 Å². The van der Waals surface area contributed by atoms with Crippen LogP contribution in [-0.2, 0) is 0 Å². The number of aliphatic hydroxyl groups excluding tert-OH is 1. The van der Waals surface area contributed by atoms with Gasteiger partial charge in [-0.25, -0.2) is 4.98 Å². The monoisotopic (exact) mass is 250 g/mol. The molecule has 0 bridgehead atoms. The van der Waals surface area contributed by atoms with Crippen LogP contribution < -0.4 is 10.1 Å². The van der Waals surface area contributed by atoms with E-state index in [2.05, 4.69) is 10.3 Å². The summed E-state index contributed by atoms with van der Waals surface area (Å²) in [5.74, 6) is 0.750. The molecule has 5 heteroatoms. The Balaban J connectivity index is 1.98. The van der Waals surface area contributed by atoms with Gasteiger partial charge in [-0.15, -0.1) is 11.3 Å². The van der Waals surface area contributed by atoms with Crippen molar-refractivity contribution in [3.8, 4) is 5.75 Å². The lowest BCUT2D eigenvalue weighted by Crippen LogP contribution is -2.01.